The number of nitrogens with one attached hydrogen (secondary N) is 2. The summed E-state index contributed by atoms with van der Waals surface area (Å²) >= 11 is 0. The van der Waals surface area contributed by atoms with Crippen LogP contribution in [0.25, 0.3) is 0 Å². The Bertz CT molecular complexity index is 415. The van der Waals surface area contributed by atoms with E-state index in [4.69, 9.17) is 0 Å². The van der Waals surface area contributed by atoms with E-state index in [0.717, 1.165) is 0 Å². The molecule has 0 radical (unpaired) electrons. The smallest absolute Gasteiger partial charge is 0.355 e. The van der Waals surface area contributed by atoms with Crippen LogP contribution in [-0.4, -0.2) is 18.5 Å². The van der Waals surface area contributed by atoms with Gasteiger partial charge < -0.3 is 4.74 Å². The highest BCUT2D eigenvalue weighted by Gasteiger charge is 2.09. The molecule has 0 fully saturated rings. The van der Waals surface area contributed by atoms with Crippen molar-refractivity contribution in [1.82, 2.24) is 10.9 Å². The molecular formula is C12H14N2O3. The summed E-state index contributed by atoms with van der Waals surface area (Å²) in [6.45, 7) is 5.38. The molecule has 0 aliphatic carbocycles. The van der Waals surface area contributed by atoms with Crippen LogP contribution in [0.4, 0.5) is 0 Å². The van der Waals surface area contributed by atoms with Crippen LogP contribution in [0.2, 0.25) is 0 Å². The van der Waals surface area contributed by atoms with Gasteiger partial charge in [-0.1, -0.05) is 24.8 Å². The van der Waals surface area contributed by atoms with Crippen LogP contribution in [0.3, 0.4) is 0 Å². The van der Waals surface area contributed by atoms with Gasteiger partial charge in [-0.25, -0.2) is 4.79 Å². The molecule has 1 aromatic carbocycles. The third-order valence-corrected chi connectivity index (χ3v) is 1.88. The summed E-state index contributed by atoms with van der Waals surface area (Å²) in [6, 6.07) is 8.61. The highest BCUT2D eigenvalue weighted by Crippen LogP contribution is 1.97. The van der Waals surface area contributed by atoms with Gasteiger partial charge in [0.2, 0.25) is 0 Å². The number of hydrogen-bond donors (Lipinski definition) is 2. The molecule has 2 N–H and O–H groups in total. The second-order valence-corrected chi connectivity index (χ2v) is 3.14. The van der Waals surface area contributed by atoms with Gasteiger partial charge in [0.05, 0.1) is 6.61 Å². The number of hydrazine groups is 1. The molecule has 90 valence electrons. The van der Waals surface area contributed by atoms with Crippen molar-refractivity contribution >= 4 is 11.9 Å². The molecular weight excluding hydrogens is 220 g/mol. The third kappa shape index (κ3) is 3.98. The average molecular weight is 234 g/mol. The normalized spacial score (nSPS) is 9.24. The standard InChI is InChI=1S/C12H14N2O3/c1-3-17-12(16)9(2)13-14-11(15)10-7-5-4-6-8-10/h4-8,13H,2-3H2,1H3,(H,14,15). The van der Waals surface area contributed by atoms with Gasteiger partial charge in [-0.3, -0.25) is 15.6 Å². The minimum absolute atomic E-state index is 0.0175. The largest absolute Gasteiger partial charge is 0.461 e. The predicted octanol–water partition coefficient (Wildman–Crippen LogP) is 0.998. The maximum Gasteiger partial charge on any atom is 0.355 e. The zero-order valence-corrected chi connectivity index (χ0v) is 9.53. The molecule has 0 aliphatic rings. The molecule has 0 bridgehead atoms. The van der Waals surface area contributed by atoms with E-state index in [0.29, 0.717) is 5.56 Å². The van der Waals surface area contributed by atoms with E-state index < -0.39 is 5.97 Å². The van der Waals surface area contributed by atoms with Crippen LogP contribution < -0.4 is 10.9 Å². The van der Waals surface area contributed by atoms with Crippen molar-refractivity contribution in [2.75, 3.05) is 6.61 Å². The third-order valence-electron chi connectivity index (χ3n) is 1.88. The molecule has 0 saturated carbocycles. The van der Waals surface area contributed by atoms with Gasteiger partial charge in [0, 0.05) is 5.56 Å². The van der Waals surface area contributed by atoms with Gasteiger partial charge in [-0.2, -0.15) is 0 Å². The number of hydrogen-bond acceptors (Lipinski definition) is 4. The molecule has 1 aromatic rings. The molecule has 5 nitrogen and oxygen atoms in total. The van der Waals surface area contributed by atoms with E-state index in [1.165, 1.54) is 0 Å². The van der Waals surface area contributed by atoms with Crippen molar-refractivity contribution in [2.45, 2.75) is 6.92 Å². The van der Waals surface area contributed by atoms with Crippen molar-refractivity contribution in [2.24, 2.45) is 0 Å². The Labute approximate surface area is 99.4 Å². The zero-order valence-electron chi connectivity index (χ0n) is 9.53. The van der Waals surface area contributed by atoms with Crippen LogP contribution >= 0.6 is 0 Å². The maximum atomic E-state index is 11.6. The van der Waals surface area contributed by atoms with E-state index in [1.807, 2.05) is 6.07 Å². The molecule has 0 atom stereocenters. The minimum atomic E-state index is -0.596. The lowest BCUT2D eigenvalue weighted by atomic mass is 10.2. The van der Waals surface area contributed by atoms with Crippen LogP contribution in [0.5, 0.6) is 0 Å². The van der Waals surface area contributed by atoms with Crippen molar-refractivity contribution in [3.05, 3.63) is 48.2 Å². The Hall–Kier alpha value is -2.30. The lowest BCUT2D eigenvalue weighted by molar-refractivity contribution is -0.139. The van der Waals surface area contributed by atoms with Gasteiger partial charge in [-0.15, -0.1) is 0 Å². The summed E-state index contributed by atoms with van der Waals surface area (Å²) < 4.78 is 4.69. The Morgan fingerprint density at radius 2 is 1.88 bits per heavy atom. The molecule has 5 heteroatoms. The maximum absolute atomic E-state index is 11.6. The van der Waals surface area contributed by atoms with Crippen LogP contribution in [0.15, 0.2) is 42.6 Å². The Balaban J connectivity index is 2.44. The number of carbonyl (C=O) groups excluding carboxylic acids is 2. The first kappa shape index (κ1) is 12.8. The molecule has 1 rings (SSSR count). The Morgan fingerprint density at radius 1 is 1.24 bits per heavy atom. The molecule has 0 heterocycles. The summed E-state index contributed by atoms with van der Waals surface area (Å²) in [4.78, 5) is 22.7. The molecule has 17 heavy (non-hydrogen) atoms. The monoisotopic (exact) mass is 234 g/mol. The average Bonchev–Trinajstić information content (AvgIpc) is 2.36. The Kier molecular flexibility index (Phi) is 4.75. The number of rotatable bonds is 5. The first-order valence-electron chi connectivity index (χ1n) is 5.12. The fourth-order valence-electron chi connectivity index (χ4n) is 1.06. The van der Waals surface area contributed by atoms with Crippen molar-refractivity contribution < 1.29 is 14.3 Å². The van der Waals surface area contributed by atoms with Crippen LogP contribution in [-0.2, 0) is 9.53 Å². The fourth-order valence-corrected chi connectivity index (χ4v) is 1.06. The number of esters is 1. The summed E-state index contributed by atoms with van der Waals surface area (Å²) in [6.07, 6.45) is 0. The van der Waals surface area contributed by atoms with E-state index in [1.54, 1.807) is 31.2 Å². The first-order chi connectivity index (χ1) is 8.15. The van der Waals surface area contributed by atoms with Crippen LogP contribution in [0.1, 0.15) is 17.3 Å². The summed E-state index contributed by atoms with van der Waals surface area (Å²) in [5, 5.41) is 0. The summed E-state index contributed by atoms with van der Waals surface area (Å²) in [5.41, 5.74) is 5.21. The summed E-state index contributed by atoms with van der Waals surface area (Å²) in [5.74, 6) is -0.947. The van der Waals surface area contributed by atoms with Crippen LogP contribution in [0, 0.1) is 0 Å². The van der Waals surface area contributed by atoms with Crippen molar-refractivity contribution in [3.8, 4) is 0 Å². The number of carbonyl (C=O) groups is 2. The van der Waals surface area contributed by atoms with Gasteiger partial charge in [0.15, 0.2) is 0 Å². The number of benzene rings is 1. The molecule has 0 saturated heterocycles. The molecule has 0 unspecified atom stereocenters. The number of ether oxygens (including phenoxy) is 1. The number of amides is 1. The fraction of sp³-hybridized carbons (Fsp3) is 0.167. The highest BCUT2D eigenvalue weighted by molar-refractivity contribution is 5.94. The first-order valence-corrected chi connectivity index (χ1v) is 5.12. The molecule has 1 amide bonds. The highest BCUT2D eigenvalue weighted by atomic mass is 16.5. The topological polar surface area (TPSA) is 67.4 Å². The molecule has 0 spiro atoms. The van der Waals surface area contributed by atoms with E-state index in [-0.39, 0.29) is 18.2 Å². The van der Waals surface area contributed by atoms with Gasteiger partial charge in [0.1, 0.15) is 5.70 Å². The van der Waals surface area contributed by atoms with Crippen molar-refractivity contribution in [3.63, 3.8) is 0 Å². The van der Waals surface area contributed by atoms with Gasteiger partial charge in [0.25, 0.3) is 5.91 Å². The second-order valence-electron chi connectivity index (χ2n) is 3.14. The lowest BCUT2D eigenvalue weighted by Crippen LogP contribution is -2.39. The molecule has 0 aliphatic heterocycles. The quantitative estimate of drug-likeness (QED) is 0.453. The Morgan fingerprint density at radius 3 is 2.47 bits per heavy atom. The minimum Gasteiger partial charge on any atom is -0.461 e. The second kappa shape index (κ2) is 6.32. The van der Waals surface area contributed by atoms with Crippen molar-refractivity contribution in [1.29, 1.82) is 0 Å². The van der Waals surface area contributed by atoms with E-state index in [9.17, 15) is 9.59 Å². The summed E-state index contributed by atoms with van der Waals surface area (Å²) in [7, 11) is 0. The lowest BCUT2D eigenvalue weighted by Gasteiger charge is -2.09. The van der Waals surface area contributed by atoms with Gasteiger partial charge in [-0.05, 0) is 19.1 Å². The van der Waals surface area contributed by atoms with Gasteiger partial charge >= 0.3 is 5.97 Å². The SMILES string of the molecule is C=C(NNC(=O)c1ccccc1)C(=O)OCC. The predicted molar refractivity (Wildman–Crippen MR) is 62.8 cm³/mol. The van der Waals surface area contributed by atoms with E-state index >= 15 is 0 Å². The van der Waals surface area contributed by atoms with E-state index in [2.05, 4.69) is 22.2 Å². The molecule has 0 aromatic heterocycles. The zero-order chi connectivity index (χ0) is 12.7.